The van der Waals surface area contributed by atoms with Gasteiger partial charge in [-0.2, -0.15) is 0 Å². The van der Waals surface area contributed by atoms with Gasteiger partial charge in [-0.15, -0.1) is 0 Å². The maximum absolute atomic E-state index is 12.7. The largest absolute Gasteiger partial charge is 0.461 e. The third-order valence-corrected chi connectivity index (χ3v) is 8.19. The molecular weight excluding hydrogens is 700 g/mol. The molecule has 10 nitrogen and oxygen atoms in total. The molecule has 6 atom stereocenters. The summed E-state index contributed by atoms with van der Waals surface area (Å²) in [6, 6.07) is 0. The van der Waals surface area contributed by atoms with Crippen LogP contribution in [0.5, 0.6) is 0 Å². The molecule has 0 unspecified atom stereocenters. The quantitative estimate of drug-likeness (QED) is 0.0324. The van der Waals surface area contributed by atoms with Crippen LogP contribution in [0.1, 0.15) is 104 Å². The molecule has 0 bridgehead atoms. The third kappa shape index (κ3) is 26.7. The summed E-state index contributed by atoms with van der Waals surface area (Å²) in [6.07, 6.45) is 39.8. The van der Waals surface area contributed by atoms with Gasteiger partial charge in [0.2, 0.25) is 0 Å². The van der Waals surface area contributed by atoms with Crippen LogP contribution in [0.3, 0.4) is 0 Å². The van der Waals surface area contributed by atoms with Crippen molar-refractivity contribution in [2.75, 3.05) is 19.8 Å². The molecule has 1 fully saturated rings. The lowest BCUT2D eigenvalue weighted by atomic mass is 9.99. The Balaban J connectivity index is 2.50. The molecule has 0 aliphatic carbocycles. The second-order valence-corrected chi connectivity index (χ2v) is 13.0. The van der Waals surface area contributed by atoms with Crippen LogP contribution in [-0.4, -0.2) is 89.0 Å². The van der Waals surface area contributed by atoms with Gasteiger partial charge >= 0.3 is 11.9 Å². The summed E-state index contributed by atoms with van der Waals surface area (Å²) in [5.41, 5.74) is 0. The van der Waals surface area contributed by atoms with Crippen LogP contribution in [-0.2, 0) is 28.5 Å². The Morgan fingerprint density at radius 1 is 0.582 bits per heavy atom. The van der Waals surface area contributed by atoms with Crippen molar-refractivity contribution >= 4 is 11.9 Å². The normalized spacial score (nSPS) is 21.7. The topological polar surface area (TPSA) is 152 Å². The van der Waals surface area contributed by atoms with E-state index in [1.165, 1.54) is 0 Å². The molecule has 308 valence electrons. The first kappa shape index (κ1) is 49.4. The van der Waals surface area contributed by atoms with Crippen molar-refractivity contribution < 1.29 is 49.0 Å². The van der Waals surface area contributed by atoms with Gasteiger partial charge in [-0.1, -0.05) is 123 Å². The minimum Gasteiger partial charge on any atom is -0.461 e. The molecule has 0 spiro atoms. The first-order chi connectivity index (χ1) is 26.8. The van der Waals surface area contributed by atoms with E-state index in [2.05, 4.69) is 105 Å². The Bertz CT molecular complexity index is 1260. The lowest BCUT2D eigenvalue weighted by molar-refractivity contribution is -0.305. The Morgan fingerprint density at radius 3 is 1.55 bits per heavy atom. The molecule has 4 N–H and O–H groups in total. The number of esters is 2. The summed E-state index contributed by atoms with van der Waals surface area (Å²) in [5, 5.41) is 39.9. The van der Waals surface area contributed by atoms with Crippen LogP contribution in [0.15, 0.2) is 109 Å². The molecule has 0 saturated carbocycles. The number of ether oxygens (including phenoxy) is 4. The number of carbonyl (C=O) groups excluding carboxylic acids is 2. The van der Waals surface area contributed by atoms with Crippen LogP contribution in [0.4, 0.5) is 0 Å². The molecule has 1 heterocycles. The summed E-state index contributed by atoms with van der Waals surface area (Å²) < 4.78 is 21.9. The Hall–Kier alpha value is -3.64. The van der Waals surface area contributed by atoms with E-state index in [4.69, 9.17) is 18.9 Å². The standard InChI is InChI=1S/C45H68O10/c1-3-5-7-9-11-13-15-17-19-21-23-25-27-29-31-33-40(47)52-36-38(37-53-45-44(51)43(50)42(49)39(35-46)55-45)54-41(48)34-32-30-28-26-24-22-20-18-16-14-12-10-8-6-4-2/h5-8,11-14,17-20,23-26,29,31,38-39,42-46,49-51H,3-4,9-10,15-16,21-22,27-28,30,32-37H2,1-2H3/b7-5-,8-6-,13-11-,14-12-,19-17-,20-18-,25-23-,26-24-,31-29-/t38-,39-,42+,43+,44-,45-/m1/s1. The molecule has 0 aromatic rings. The fourth-order valence-electron chi connectivity index (χ4n) is 5.07. The van der Waals surface area contributed by atoms with Crippen molar-refractivity contribution in [2.24, 2.45) is 0 Å². The van der Waals surface area contributed by atoms with Crippen molar-refractivity contribution in [3.05, 3.63) is 109 Å². The van der Waals surface area contributed by atoms with Crippen LogP contribution in [0.25, 0.3) is 0 Å². The zero-order chi connectivity index (χ0) is 40.2. The molecule has 55 heavy (non-hydrogen) atoms. The monoisotopic (exact) mass is 768 g/mol. The SMILES string of the molecule is CC/C=C\C/C=C\C/C=C\C/C=C\C/C=C\CC(=O)OC[C@H](CO[C@@H]1O[C@H](CO)[C@H](O)[C@H](O)[C@H]1O)OC(=O)CCCC/C=C\C/C=C\C/C=C\C/C=C\CC. The highest BCUT2D eigenvalue weighted by Crippen LogP contribution is 2.22. The number of hydrogen-bond acceptors (Lipinski definition) is 10. The van der Waals surface area contributed by atoms with Gasteiger partial charge in [0, 0.05) is 6.42 Å². The fraction of sp³-hybridized carbons (Fsp3) is 0.556. The van der Waals surface area contributed by atoms with Crippen molar-refractivity contribution in [1.29, 1.82) is 0 Å². The number of unbranched alkanes of at least 4 members (excludes halogenated alkanes) is 2. The second-order valence-electron chi connectivity index (χ2n) is 13.0. The minimum atomic E-state index is -1.62. The number of carbonyl (C=O) groups is 2. The van der Waals surface area contributed by atoms with Crippen molar-refractivity contribution in [3.63, 3.8) is 0 Å². The Labute approximate surface area is 330 Å². The maximum Gasteiger partial charge on any atom is 0.309 e. The van der Waals surface area contributed by atoms with Crippen LogP contribution >= 0.6 is 0 Å². The van der Waals surface area contributed by atoms with Crippen LogP contribution < -0.4 is 0 Å². The van der Waals surface area contributed by atoms with Gasteiger partial charge < -0.3 is 39.4 Å². The average Bonchev–Trinajstić information content (AvgIpc) is 3.18. The molecule has 1 saturated heterocycles. The minimum absolute atomic E-state index is 0.0268. The molecular formula is C45H68O10. The summed E-state index contributed by atoms with van der Waals surface area (Å²) in [5.74, 6) is -1.02. The van der Waals surface area contributed by atoms with E-state index >= 15 is 0 Å². The highest BCUT2D eigenvalue weighted by molar-refractivity contribution is 5.71. The third-order valence-electron chi connectivity index (χ3n) is 8.19. The van der Waals surface area contributed by atoms with E-state index in [1.807, 2.05) is 12.2 Å². The van der Waals surface area contributed by atoms with Crippen molar-refractivity contribution in [1.82, 2.24) is 0 Å². The number of aliphatic hydroxyl groups is 4. The van der Waals surface area contributed by atoms with Gasteiger partial charge in [0.05, 0.1) is 19.6 Å². The molecule has 0 aromatic heterocycles. The number of aliphatic hydroxyl groups excluding tert-OH is 4. The summed E-state index contributed by atoms with van der Waals surface area (Å²) >= 11 is 0. The zero-order valence-electron chi connectivity index (χ0n) is 33.1. The van der Waals surface area contributed by atoms with E-state index < -0.39 is 55.4 Å². The smallest absolute Gasteiger partial charge is 0.309 e. The molecule has 1 aliphatic rings. The fourth-order valence-corrected chi connectivity index (χ4v) is 5.07. The van der Waals surface area contributed by atoms with E-state index in [0.29, 0.717) is 12.8 Å². The van der Waals surface area contributed by atoms with Gasteiger partial charge in [0.1, 0.15) is 31.0 Å². The van der Waals surface area contributed by atoms with Gasteiger partial charge in [-0.3, -0.25) is 9.59 Å². The second kappa shape index (κ2) is 34.8. The van der Waals surface area contributed by atoms with Gasteiger partial charge in [0.15, 0.2) is 12.4 Å². The van der Waals surface area contributed by atoms with Crippen molar-refractivity contribution in [2.45, 2.75) is 141 Å². The molecule has 0 amide bonds. The molecule has 1 rings (SSSR count). The predicted molar refractivity (Wildman–Crippen MR) is 219 cm³/mol. The van der Waals surface area contributed by atoms with Crippen LogP contribution in [0, 0.1) is 0 Å². The highest BCUT2D eigenvalue weighted by Gasteiger charge is 2.44. The number of hydrogen-bond donors (Lipinski definition) is 4. The Morgan fingerprint density at radius 2 is 1.05 bits per heavy atom. The number of allylic oxidation sites excluding steroid dienone is 17. The summed E-state index contributed by atoms with van der Waals surface area (Å²) in [6.45, 7) is 3.00. The first-order valence-electron chi connectivity index (χ1n) is 20.0. The lowest BCUT2D eigenvalue weighted by Crippen LogP contribution is -2.59. The first-order valence-corrected chi connectivity index (χ1v) is 20.0. The van der Waals surface area contributed by atoms with Gasteiger partial charge in [-0.05, 0) is 77.0 Å². The molecule has 0 radical (unpaired) electrons. The number of rotatable bonds is 30. The highest BCUT2D eigenvalue weighted by atomic mass is 16.7. The molecule has 10 heteroatoms. The van der Waals surface area contributed by atoms with E-state index in [1.54, 1.807) is 6.08 Å². The predicted octanol–water partition coefficient (Wildman–Crippen LogP) is 7.76. The van der Waals surface area contributed by atoms with E-state index in [0.717, 1.165) is 64.2 Å². The average molecular weight is 769 g/mol. The zero-order valence-corrected chi connectivity index (χ0v) is 33.1. The van der Waals surface area contributed by atoms with Crippen molar-refractivity contribution in [3.8, 4) is 0 Å². The molecule has 1 aliphatic heterocycles. The molecule has 0 aromatic carbocycles. The van der Waals surface area contributed by atoms with Gasteiger partial charge in [0.25, 0.3) is 0 Å². The Kier molecular flexibility index (Phi) is 31.3. The van der Waals surface area contributed by atoms with E-state index in [9.17, 15) is 30.0 Å². The van der Waals surface area contributed by atoms with Crippen LogP contribution in [0.2, 0.25) is 0 Å². The van der Waals surface area contributed by atoms with Gasteiger partial charge in [-0.25, -0.2) is 0 Å². The van der Waals surface area contributed by atoms with E-state index in [-0.39, 0.29) is 26.1 Å². The summed E-state index contributed by atoms with van der Waals surface area (Å²) in [7, 11) is 0. The maximum atomic E-state index is 12.7. The lowest BCUT2D eigenvalue weighted by Gasteiger charge is -2.39. The summed E-state index contributed by atoms with van der Waals surface area (Å²) in [4.78, 5) is 25.2.